The Bertz CT molecular complexity index is 2290. The van der Waals surface area contributed by atoms with E-state index in [4.69, 9.17) is 114 Å². The molecule has 0 rings (SSSR count). The van der Waals surface area contributed by atoms with Crippen LogP contribution in [0.5, 0.6) is 0 Å². The Hall–Kier alpha value is -1.00. The van der Waals surface area contributed by atoms with E-state index in [1.807, 2.05) is 6.92 Å². The molecule has 0 aliphatic rings. The van der Waals surface area contributed by atoms with E-state index in [1.54, 1.807) is 0 Å². The summed E-state index contributed by atoms with van der Waals surface area (Å²) in [5.41, 5.74) is 0. The largest absolute Gasteiger partial charge is 0.391 e. The van der Waals surface area contributed by atoms with Crippen LogP contribution >= 0.6 is 0 Å². The number of hydrogen-bond donors (Lipinski definition) is 1. The summed E-state index contributed by atoms with van der Waals surface area (Å²) in [5, 5.41) is 9.94. The summed E-state index contributed by atoms with van der Waals surface area (Å²) in [5.74, 6) is 0. The smallest absolute Gasteiger partial charge is 0.0807 e. The average Bonchev–Trinajstić information content (AvgIpc) is 0.937. The minimum absolute atomic E-state index is 0.00843. The number of unbranched alkanes of at least 4 members (excludes halogenated alkanes) is 10. The zero-order valence-corrected chi connectivity index (χ0v) is 91.5. The third kappa shape index (κ3) is 70.7. The number of rotatable bonds is 107. The molecule has 0 aliphatic carbocycles. The Labute approximate surface area is 824 Å². The maximum atomic E-state index is 9.94. The molecule has 0 bridgehead atoms. The van der Waals surface area contributed by atoms with Crippen LogP contribution in [0.3, 0.4) is 0 Å². The van der Waals surface area contributed by atoms with Crippen molar-refractivity contribution in [2.75, 3.05) is 165 Å². The van der Waals surface area contributed by atoms with E-state index in [0.717, 1.165) is 161 Å². The second-order valence-corrected chi connectivity index (χ2v) is 37.0. The highest BCUT2D eigenvalue weighted by Crippen LogP contribution is 2.22. The summed E-state index contributed by atoms with van der Waals surface area (Å²) >= 11 is 0. The van der Waals surface area contributed by atoms with Crippen molar-refractivity contribution in [3.05, 3.63) is 0 Å². The van der Waals surface area contributed by atoms with E-state index in [-0.39, 0.29) is 140 Å². The van der Waals surface area contributed by atoms with Crippen molar-refractivity contribution in [3.63, 3.8) is 0 Å². The standard InChI is InChI=1S/C109H220O25/c1-26-51-52-53-54-55-56-57-58-59-60-61-111-63-87(28-3)113-65-89(30-5)115-67-91(32-7)117-69-93(34-9)119-71-95(36-11)121-73-97(38-13)123-75-99(40-15)125-77-101(42-17)127-79-103(44-19)129-81-105(46-21)131-83-107(48-23)133-85-109(50-25)134-84-108(49-24)132-82-106(47-22)130-80-104(45-20)128-78-102(43-18)126-76-100(41-16)124-74-98(39-14)122-72-96(37-12)120-70-94(35-10)118-68-92(33-8)116-66-90(31-6)114-64-88(29-4)112-62-86(110)27-2/h86-110H,26-85H2,1-25H3. The van der Waals surface area contributed by atoms with E-state index in [1.165, 1.54) is 64.2 Å². The van der Waals surface area contributed by atoms with Gasteiger partial charge in [-0.3, -0.25) is 0 Å². The van der Waals surface area contributed by atoms with E-state index in [9.17, 15) is 5.11 Å². The fourth-order valence-corrected chi connectivity index (χ4v) is 14.3. The number of hydrogen-bond acceptors (Lipinski definition) is 25. The van der Waals surface area contributed by atoms with Crippen molar-refractivity contribution in [1.82, 2.24) is 0 Å². The fourth-order valence-electron chi connectivity index (χ4n) is 14.3. The van der Waals surface area contributed by atoms with Gasteiger partial charge in [-0.15, -0.1) is 0 Å². The summed E-state index contributed by atoms with van der Waals surface area (Å²) in [6.07, 6.45) is 32.8. The molecule has 0 aromatic carbocycles. The maximum absolute atomic E-state index is 9.94. The molecule has 0 aromatic rings. The van der Waals surface area contributed by atoms with Crippen LogP contribution in [0.15, 0.2) is 0 Å². The second-order valence-electron chi connectivity index (χ2n) is 37.0. The highest BCUT2D eigenvalue weighted by Gasteiger charge is 2.28. The summed E-state index contributed by atoms with van der Waals surface area (Å²) in [4.78, 5) is 0. The molecule has 0 aliphatic heterocycles. The monoisotopic (exact) mass is 1930 g/mol. The number of aliphatic hydroxyl groups is 1. The van der Waals surface area contributed by atoms with Gasteiger partial charge in [0.25, 0.3) is 0 Å². The molecule has 806 valence electrons. The Balaban J connectivity index is 4.92. The van der Waals surface area contributed by atoms with Crippen LogP contribution in [0.4, 0.5) is 0 Å². The molecule has 0 heterocycles. The highest BCUT2D eigenvalue weighted by molar-refractivity contribution is 4.74. The first kappa shape index (κ1) is 133. The van der Waals surface area contributed by atoms with Gasteiger partial charge in [-0.05, 0) is 161 Å². The van der Waals surface area contributed by atoms with Gasteiger partial charge >= 0.3 is 0 Å². The molecule has 0 aromatic heterocycles. The third-order valence-electron chi connectivity index (χ3n) is 26.1. The van der Waals surface area contributed by atoms with Gasteiger partial charge < -0.3 is 119 Å². The van der Waals surface area contributed by atoms with E-state index >= 15 is 0 Å². The second kappa shape index (κ2) is 94.3. The van der Waals surface area contributed by atoms with Crippen LogP contribution in [-0.4, -0.2) is 317 Å². The van der Waals surface area contributed by atoms with Crippen LogP contribution in [0.25, 0.3) is 0 Å². The van der Waals surface area contributed by atoms with Gasteiger partial charge in [0.2, 0.25) is 0 Å². The molecular weight excluding hydrogens is 1710 g/mol. The van der Waals surface area contributed by atoms with E-state index in [2.05, 4.69) is 166 Å². The summed E-state index contributed by atoms with van der Waals surface area (Å²) in [6, 6.07) is 0. The lowest BCUT2D eigenvalue weighted by Crippen LogP contribution is -2.34. The van der Waals surface area contributed by atoms with E-state index < -0.39 is 6.10 Å². The Morgan fingerprint density at radius 3 is 0.336 bits per heavy atom. The molecule has 0 saturated carbocycles. The van der Waals surface area contributed by atoms with Crippen molar-refractivity contribution in [2.24, 2.45) is 0 Å². The van der Waals surface area contributed by atoms with Gasteiger partial charge in [0, 0.05) is 6.61 Å². The first-order valence-electron chi connectivity index (χ1n) is 55.7. The van der Waals surface area contributed by atoms with Crippen LogP contribution in [0.1, 0.15) is 398 Å². The predicted molar refractivity (Wildman–Crippen MR) is 544 cm³/mol. The van der Waals surface area contributed by atoms with Gasteiger partial charge in [0.1, 0.15) is 0 Å². The quantitative estimate of drug-likeness (QED) is 0.0556. The van der Waals surface area contributed by atoms with Crippen molar-refractivity contribution in [3.8, 4) is 0 Å². The molecular formula is C109H220O25. The van der Waals surface area contributed by atoms with Crippen LogP contribution < -0.4 is 0 Å². The van der Waals surface area contributed by atoms with Crippen molar-refractivity contribution in [1.29, 1.82) is 0 Å². The third-order valence-corrected chi connectivity index (χ3v) is 26.1. The molecule has 0 saturated heterocycles. The Morgan fingerprint density at radius 1 is 0.119 bits per heavy atom. The van der Waals surface area contributed by atoms with E-state index in [0.29, 0.717) is 165 Å². The zero-order valence-electron chi connectivity index (χ0n) is 91.5. The molecule has 0 radical (unpaired) electrons. The molecule has 134 heavy (non-hydrogen) atoms. The zero-order chi connectivity index (χ0) is 99.3. The fraction of sp³-hybridized carbons (Fsp3) is 1.00. The normalized spacial score (nSPS) is 17.8. The topological polar surface area (TPSA) is 242 Å². The minimum Gasteiger partial charge on any atom is -0.391 e. The first-order chi connectivity index (χ1) is 65.2. The molecule has 0 spiro atoms. The number of ether oxygens (including phenoxy) is 24. The van der Waals surface area contributed by atoms with Crippen LogP contribution in [-0.2, 0) is 114 Å². The van der Waals surface area contributed by atoms with Crippen LogP contribution in [0, 0.1) is 0 Å². The molecule has 0 amide bonds. The molecule has 25 heteroatoms. The number of aliphatic hydroxyl groups excluding tert-OH is 1. The molecule has 0 fully saturated rings. The van der Waals surface area contributed by atoms with Gasteiger partial charge in [-0.1, -0.05) is 237 Å². The predicted octanol–water partition coefficient (Wildman–Crippen LogP) is 23.4. The van der Waals surface area contributed by atoms with Gasteiger partial charge in [0.15, 0.2) is 0 Å². The van der Waals surface area contributed by atoms with Gasteiger partial charge in [0.05, 0.1) is 305 Å². The molecule has 24 unspecified atom stereocenters. The van der Waals surface area contributed by atoms with Gasteiger partial charge in [-0.2, -0.15) is 0 Å². The maximum Gasteiger partial charge on any atom is 0.0807 e. The SMILES string of the molecule is CCCCCCCCCCCCCOCC(CC)OCC(CC)OCC(CC)OCC(CC)OCC(CC)OCC(CC)OCC(CC)OCC(CC)OCC(CC)OCC(CC)OCC(CC)OCC(CC)OCC(CC)OCC(CC)OCC(CC)OCC(CC)OCC(CC)OCC(CC)OCC(CC)OCC(CC)OCC(CC)OCC(CC)OCC(CC)OCC(O)CC. The van der Waals surface area contributed by atoms with Crippen molar-refractivity contribution < 1.29 is 119 Å². The van der Waals surface area contributed by atoms with Crippen molar-refractivity contribution >= 4 is 0 Å². The Kier molecular flexibility index (Phi) is 93.6. The lowest BCUT2D eigenvalue weighted by molar-refractivity contribution is -0.132. The summed E-state index contributed by atoms with van der Waals surface area (Å²) in [6.45, 7) is 65.8. The molecule has 25 nitrogen and oxygen atoms in total. The van der Waals surface area contributed by atoms with Gasteiger partial charge in [-0.25, -0.2) is 0 Å². The van der Waals surface area contributed by atoms with Crippen LogP contribution in [0.2, 0.25) is 0 Å². The average molecular weight is 1930 g/mol. The molecule has 1 N–H and O–H groups in total. The first-order valence-corrected chi connectivity index (χ1v) is 55.7. The highest BCUT2D eigenvalue weighted by atomic mass is 16.6. The minimum atomic E-state index is -0.451. The lowest BCUT2D eigenvalue weighted by Gasteiger charge is -2.27. The lowest BCUT2D eigenvalue weighted by atomic mass is 10.1. The molecule has 24 atom stereocenters. The summed E-state index contributed by atoms with van der Waals surface area (Å²) in [7, 11) is 0. The van der Waals surface area contributed by atoms with Crippen molar-refractivity contribution in [2.45, 2.75) is 544 Å². The Morgan fingerprint density at radius 2 is 0.224 bits per heavy atom. The summed E-state index contributed by atoms with van der Waals surface area (Å²) < 4.78 is 153.